The average Bonchev–Trinajstić information content (AvgIpc) is 3.54. The Morgan fingerprint density at radius 2 is 0.797 bits per heavy atom. The van der Waals surface area contributed by atoms with Crippen molar-refractivity contribution in [2.75, 3.05) is 10.2 Å². The maximum absolute atomic E-state index is 5.16. The Balaban J connectivity index is 0.963. The molecule has 1 aliphatic heterocycles. The monoisotopic (exact) mass is 819 g/mol. The van der Waals surface area contributed by atoms with E-state index in [-0.39, 0.29) is 0 Å². The molecule has 0 unspecified atom stereocenters. The Hall–Kier alpha value is -8.67. The van der Waals surface area contributed by atoms with Gasteiger partial charge < -0.3 is 10.2 Å². The normalized spacial score (nSPS) is 11.7. The van der Waals surface area contributed by atoms with E-state index in [1.807, 2.05) is 12.1 Å². The quantitative estimate of drug-likeness (QED) is 0.157. The molecule has 1 aliphatic rings. The largest absolute Gasteiger partial charge is 0.355 e. The lowest BCUT2D eigenvalue weighted by Crippen LogP contribution is -2.11. The fraction of sp³-hybridized carbons (Fsp3) is 0. The van der Waals surface area contributed by atoms with E-state index in [9.17, 15) is 0 Å². The topological polar surface area (TPSA) is 53.9 Å². The van der Waals surface area contributed by atoms with Gasteiger partial charge in [0.05, 0.1) is 11.4 Å². The van der Waals surface area contributed by atoms with Crippen LogP contribution in [-0.2, 0) is 0 Å². The molecule has 0 spiro atoms. The van der Waals surface area contributed by atoms with E-state index in [0.717, 1.165) is 84.1 Å². The Bertz CT molecular complexity index is 3210. The molecule has 0 saturated carbocycles. The first kappa shape index (κ1) is 38.3. The minimum atomic E-state index is 0.591. The van der Waals surface area contributed by atoms with Gasteiger partial charge in [0.2, 0.25) is 0 Å². The molecule has 0 aliphatic carbocycles. The zero-order valence-electron chi connectivity index (χ0n) is 34.9. The van der Waals surface area contributed by atoms with E-state index in [4.69, 9.17) is 15.0 Å². The van der Waals surface area contributed by atoms with Gasteiger partial charge in [-0.3, -0.25) is 0 Å². The van der Waals surface area contributed by atoms with Crippen molar-refractivity contribution in [2.24, 2.45) is 0 Å². The Morgan fingerprint density at radius 1 is 0.312 bits per heavy atom. The molecule has 5 heteroatoms. The molecule has 2 heterocycles. The number of nitrogens with one attached hydrogen (secondary N) is 1. The van der Waals surface area contributed by atoms with Crippen molar-refractivity contribution in [1.82, 2.24) is 15.0 Å². The summed E-state index contributed by atoms with van der Waals surface area (Å²) in [5, 5.41) is 3.77. The number of rotatable bonds is 9. The van der Waals surface area contributed by atoms with E-state index < -0.39 is 0 Å². The number of hydrogen-bond acceptors (Lipinski definition) is 5. The van der Waals surface area contributed by atoms with Crippen LogP contribution in [0.4, 0.5) is 28.4 Å². The Morgan fingerprint density at radius 3 is 1.45 bits per heavy atom. The van der Waals surface area contributed by atoms with Crippen LogP contribution in [0.3, 0.4) is 0 Å². The van der Waals surface area contributed by atoms with Crippen molar-refractivity contribution in [3.05, 3.63) is 242 Å². The molecular weight excluding hydrogens is 779 g/mol. The van der Waals surface area contributed by atoms with Crippen molar-refractivity contribution in [2.45, 2.75) is 0 Å². The number of anilines is 5. The Labute approximate surface area is 373 Å². The zero-order chi connectivity index (χ0) is 42.7. The van der Waals surface area contributed by atoms with Gasteiger partial charge in [-0.25, -0.2) is 15.0 Å². The molecule has 64 heavy (non-hydrogen) atoms. The number of fused-ring (bicyclic) bond motifs is 2. The molecule has 9 aromatic carbocycles. The molecule has 0 bridgehead atoms. The zero-order valence-corrected chi connectivity index (χ0v) is 34.9. The van der Waals surface area contributed by atoms with Crippen LogP contribution in [-0.4, -0.2) is 15.0 Å². The second-order valence-electron chi connectivity index (χ2n) is 15.8. The lowest BCUT2D eigenvalue weighted by Gasteiger charge is -2.27. The highest BCUT2D eigenvalue weighted by atomic mass is 15.1. The summed E-state index contributed by atoms with van der Waals surface area (Å²) >= 11 is 0. The molecule has 0 amide bonds. The highest BCUT2D eigenvalue weighted by Crippen LogP contribution is 2.44. The van der Waals surface area contributed by atoms with Crippen LogP contribution in [0.15, 0.2) is 231 Å². The first-order valence-electron chi connectivity index (χ1n) is 21.5. The van der Waals surface area contributed by atoms with E-state index >= 15 is 0 Å². The average molecular weight is 820 g/mol. The predicted octanol–water partition coefficient (Wildman–Crippen LogP) is 15.6. The number of para-hydroxylation sites is 3. The highest BCUT2D eigenvalue weighted by molar-refractivity contribution is 5.95. The molecule has 0 fully saturated rings. The third kappa shape index (κ3) is 7.74. The summed E-state index contributed by atoms with van der Waals surface area (Å²) in [5.74, 6) is 1.81. The number of nitrogens with zero attached hydrogens (tertiary/aromatic N) is 4. The van der Waals surface area contributed by atoms with Crippen molar-refractivity contribution in [1.29, 1.82) is 0 Å². The van der Waals surface area contributed by atoms with Crippen molar-refractivity contribution in [3.63, 3.8) is 0 Å². The lowest BCUT2D eigenvalue weighted by molar-refractivity contribution is 1.07. The smallest absolute Gasteiger partial charge is 0.164 e. The van der Waals surface area contributed by atoms with Gasteiger partial charge in [0, 0.05) is 39.3 Å². The molecule has 1 N–H and O–H groups in total. The van der Waals surface area contributed by atoms with E-state index in [2.05, 4.69) is 241 Å². The van der Waals surface area contributed by atoms with Crippen molar-refractivity contribution >= 4 is 40.6 Å². The predicted molar refractivity (Wildman–Crippen MR) is 266 cm³/mol. The lowest BCUT2D eigenvalue weighted by atomic mass is 9.99. The first-order valence-corrected chi connectivity index (χ1v) is 21.5. The fourth-order valence-corrected chi connectivity index (χ4v) is 8.49. The second kappa shape index (κ2) is 17.0. The fourth-order valence-electron chi connectivity index (χ4n) is 8.49. The summed E-state index contributed by atoms with van der Waals surface area (Å²) in [6, 6.07) is 80.3. The van der Waals surface area contributed by atoms with E-state index in [1.165, 1.54) is 5.56 Å². The van der Waals surface area contributed by atoms with E-state index in [0.29, 0.717) is 17.5 Å². The van der Waals surface area contributed by atoms with E-state index in [1.54, 1.807) is 0 Å². The molecule has 5 nitrogen and oxygen atoms in total. The van der Waals surface area contributed by atoms with Gasteiger partial charge in [-0.2, -0.15) is 0 Å². The van der Waals surface area contributed by atoms with Crippen LogP contribution < -0.4 is 10.2 Å². The van der Waals surface area contributed by atoms with Gasteiger partial charge in [0.25, 0.3) is 0 Å². The summed E-state index contributed by atoms with van der Waals surface area (Å²) < 4.78 is 0. The summed E-state index contributed by atoms with van der Waals surface area (Å²) in [6.07, 6.45) is 4.45. The number of hydrogen-bond donors (Lipinski definition) is 1. The first-order chi connectivity index (χ1) is 31.7. The molecule has 0 atom stereocenters. The molecule has 11 rings (SSSR count). The second-order valence-corrected chi connectivity index (χ2v) is 15.8. The van der Waals surface area contributed by atoms with Crippen molar-refractivity contribution in [3.8, 4) is 67.5 Å². The summed E-state index contributed by atoms with van der Waals surface area (Å²) in [6.45, 7) is 0. The molecule has 10 aromatic rings. The highest BCUT2D eigenvalue weighted by Gasteiger charge is 2.21. The molecule has 0 radical (unpaired) electrons. The van der Waals surface area contributed by atoms with Crippen LogP contribution in [0.1, 0.15) is 11.1 Å². The third-order valence-electron chi connectivity index (χ3n) is 11.6. The summed E-state index contributed by atoms with van der Waals surface area (Å²) in [4.78, 5) is 17.8. The van der Waals surface area contributed by atoms with Gasteiger partial charge in [0.1, 0.15) is 0 Å². The number of benzene rings is 9. The maximum atomic E-state index is 5.16. The summed E-state index contributed by atoms with van der Waals surface area (Å²) in [5.41, 5.74) is 17.0. The SMILES string of the molecule is C1=Cc2cc(-c3ccccc3Nc3cccc(-c4nc(-c5cccc(-c6ccccc6)c5)nc(-c5cccc(-c6ccccc6)c5)n4)c3)ccc2N(c2ccccc2)c2ccccc21. The number of aromatic nitrogens is 3. The van der Waals surface area contributed by atoms with Gasteiger partial charge >= 0.3 is 0 Å². The van der Waals surface area contributed by atoms with Crippen LogP contribution in [0, 0.1) is 0 Å². The van der Waals surface area contributed by atoms with Gasteiger partial charge in [-0.1, -0.05) is 182 Å². The van der Waals surface area contributed by atoms with Gasteiger partial charge in [-0.05, 0) is 99.6 Å². The van der Waals surface area contributed by atoms with Crippen LogP contribution in [0.2, 0.25) is 0 Å². The van der Waals surface area contributed by atoms with Crippen LogP contribution in [0.25, 0.3) is 79.7 Å². The Kier molecular flexibility index (Phi) is 10.2. The summed E-state index contributed by atoms with van der Waals surface area (Å²) in [7, 11) is 0. The minimum Gasteiger partial charge on any atom is -0.355 e. The van der Waals surface area contributed by atoms with Gasteiger partial charge in [-0.15, -0.1) is 0 Å². The van der Waals surface area contributed by atoms with Gasteiger partial charge in [0.15, 0.2) is 17.5 Å². The third-order valence-corrected chi connectivity index (χ3v) is 11.6. The maximum Gasteiger partial charge on any atom is 0.164 e. The molecule has 302 valence electrons. The standard InChI is InChI=1S/C59H41N5/c1-4-17-41(18-5-1)44-22-14-24-48(37-44)57-61-58(49-25-15-23-45(38-49)42-19-6-2-7-20-42)63-59(62-57)50-26-16-27-51(40-50)60-54-31-12-11-30-53(54)46-35-36-56-47(39-46)34-33-43-21-10-13-32-55(43)64(56)52-28-8-3-9-29-52/h1-40,60H. The molecular formula is C59H41N5. The van der Waals surface area contributed by atoms with Crippen LogP contribution >= 0.6 is 0 Å². The molecule has 0 saturated heterocycles. The minimum absolute atomic E-state index is 0.591. The van der Waals surface area contributed by atoms with Crippen LogP contribution in [0.5, 0.6) is 0 Å². The van der Waals surface area contributed by atoms with Crippen molar-refractivity contribution < 1.29 is 0 Å². The molecule has 1 aromatic heterocycles.